The van der Waals surface area contributed by atoms with Crippen molar-refractivity contribution in [3.8, 4) is 0 Å². The Labute approximate surface area is 258 Å². The maximum Gasteiger partial charge on any atom is 0.400 e. The van der Waals surface area contributed by atoms with Gasteiger partial charge >= 0.3 is 12.4 Å². The van der Waals surface area contributed by atoms with Crippen LogP contribution in [0.2, 0.25) is 0 Å². The quantitative estimate of drug-likeness (QED) is 0.241. The van der Waals surface area contributed by atoms with Crippen LogP contribution in [0.15, 0.2) is 30.7 Å². The Kier molecular flexibility index (Phi) is 9.07. The molecule has 0 spiro atoms. The van der Waals surface area contributed by atoms with Crippen LogP contribution in [0.1, 0.15) is 98.7 Å². The lowest BCUT2D eigenvalue weighted by Gasteiger charge is -2.33. The summed E-state index contributed by atoms with van der Waals surface area (Å²) in [6, 6.07) is 1.22. The van der Waals surface area contributed by atoms with Gasteiger partial charge in [-0.1, -0.05) is 0 Å². The molecule has 0 aliphatic heterocycles. The number of aromatic nitrogens is 5. The third kappa shape index (κ3) is 7.60. The number of imidazole rings is 1. The fraction of sp³-hybridized carbons (Fsp3) is 0.621. The maximum absolute atomic E-state index is 14.0. The van der Waals surface area contributed by atoms with Gasteiger partial charge in [-0.15, -0.1) is 0 Å². The highest BCUT2D eigenvalue weighted by Crippen LogP contribution is 2.44. The van der Waals surface area contributed by atoms with Crippen LogP contribution in [0.5, 0.6) is 0 Å². The molecule has 3 aromatic heterocycles. The van der Waals surface area contributed by atoms with E-state index in [2.05, 4.69) is 25.8 Å². The Morgan fingerprint density at radius 1 is 0.957 bits per heavy atom. The Morgan fingerprint density at radius 2 is 1.59 bits per heavy atom. The first kappa shape index (κ1) is 33.6. The Morgan fingerprint density at radius 3 is 2.17 bits per heavy atom. The van der Waals surface area contributed by atoms with Crippen LogP contribution >= 0.6 is 0 Å². The maximum atomic E-state index is 14.0. The second-order valence-electron chi connectivity index (χ2n) is 12.4. The molecule has 2 atom stereocenters. The molecule has 2 N–H and O–H groups in total. The summed E-state index contributed by atoms with van der Waals surface area (Å²) in [6.07, 6.45) is -8.09. The monoisotopic (exact) mass is 663 g/mol. The first-order valence-electron chi connectivity index (χ1n) is 14.9. The average Bonchev–Trinajstić information content (AvgIpc) is 3.50. The largest absolute Gasteiger partial charge is 0.400 e. The molecular formula is C29H33F8N7O2. The number of hydrogen-bond acceptors (Lipinski definition) is 5. The van der Waals surface area contributed by atoms with Gasteiger partial charge in [0.25, 0.3) is 5.91 Å². The van der Waals surface area contributed by atoms with E-state index in [1.165, 1.54) is 39.9 Å². The van der Waals surface area contributed by atoms with Crippen LogP contribution in [0.4, 0.5) is 35.1 Å². The second kappa shape index (κ2) is 12.4. The van der Waals surface area contributed by atoms with Gasteiger partial charge in [-0.25, -0.2) is 18.3 Å². The van der Waals surface area contributed by atoms with Gasteiger partial charge < -0.3 is 10.6 Å². The fourth-order valence-corrected chi connectivity index (χ4v) is 5.92. The Hall–Kier alpha value is -3.79. The molecule has 17 heteroatoms. The van der Waals surface area contributed by atoms with Gasteiger partial charge in [0.05, 0.1) is 30.2 Å². The van der Waals surface area contributed by atoms with Crippen molar-refractivity contribution in [2.24, 2.45) is 17.8 Å². The summed E-state index contributed by atoms with van der Waals surface area (Å²) >= 11 is 0. The molecule has 0 aromatic carbocycles. The fourth-order valence-electron chi connectivity index (χ4n) is 5.92. The number of fused-ring (bicyclic) bond motifs is 1. The summed E-state index contributed by atoms with van der Waals surface area (Å²) < 4.78 is 109. The van der Waals surface area contributed by atoms with Gasteiger partial charge in [-0.05, 0) is 69.1 Å². The third-order valence-electron chi connectivity index (χ3n) is 8.54. The molecule has 0 radical (unpaired) electrons. The van der Waals surface area contributed by atoms with Crippen LogP contribution in [-0.4, -0.2) is 54.5 Å². The number of halogens is 8. The van der Waals surface area contributed by atoms with Crippen molar-refractivity contribution in [3.63, 3.8) is 0 Å². The van der Waals surface area contributed by atoms with Crippen molar-refractivity contribution < 1.29 is 44.7 Å². The highest BCUT2D eigenvalue weighted by atomic mass is 19.4. The smallest absolute Gasteiger partial charge is 0.349 e. The lowest BCUT2D eigenvalue weighted by molar-refractivity contribution is -0.284. The number of nitrogens with one attached hydrogen (secondary N) is 2. The minimum Gasteiger partial charge on any atom is -0.349 e. The van der Waals surface area contributed by atoms with E-state index >= 15 is 0 Å². The van der Waals surface area contributed by atoms with Crippen LogP contribution < -0.4 is 10.6 Å². The van der Waals surface area contributed by atoms with E-state index in [1.54, 1.807) is 0 Å². The van der Waals surface area contributed by atoms with Crippen LogP contribution in [0.25, 0.3) is 5.65 Å². The lowest BCUT2D eigenvalue weighted by Crippen LogP contribution is -2.41. The zero-order chi connectivity index (χ0) is 33.6. The molecule has 2 aliphatic carbocycles. The van der Waals surface area contributed by atoms with Crippen molar-refractivity contribution in [1.29, 1.82) is 0 Å². The predicted molar refractivity (Wildman–Crippen MR) is 147 cm³/mol. The van der Waals surface area contributed by atoms with Crippen molar-refractivity contribution in [2.75, 3.05) is 0 Å². The van der Waals surface area contributed by atoms with E-state index in [1.807, 2.05) is 13.8 Å². The van der Waals surface area contributed by atoms with Gasteiger partial charge in [0.2, 0.25) is 11.8 Å². The molecule has 3 aromatic rings. The third-order valence-corrected chi connectivity index (χ3v) is 8.54. The molecule has 9 nitrogen and oxygen atoms in total. The highest BCUT2D eigenvalue weighted by molar-refractivity contribution is 5.92. The zero-order valence-electron chi connectivity index (χ0n) is 24.9. The molecule has 3 heterocycles. The Bertz CT molecular complexity index is 1540. The van der Waals surface area contributed by atoms with Gasteiger partial charge in [-0.2, -0.15) is 36.5 Å². The van der Waals surface area contributed by atoms with Crippen LogP contribution in [0.3, 0.4) is 0 Å². The summed E-state index contributed by atoms with van der Waals surface area (Å²) in [4.78, 5) is 30.4. The molecular weight excluding hydrogens is 630 g/mol. The molecule has 252 valence electrons. The minimum atomic E-state index is -5.65. The molecule has 0 saturated heterocycles. The molecule has 1 unspecified atom stereocenters. The molecule has 2 amide bonds. The van der Waals surface area contributed by atoms with E-state index < -0.39 is 60.4 Å². The number of carbonyl (C=O) groups is 2. The summed E-state index contributed by atoms with van der Waals surface area (Å²) in [6.45, 7) is 3.69. The van der Waals surface area contributed by atoms with Gasteiger partial charge in [0, 0.05) is 31.5 Å². The van der Waals surface area contributed by atoms with Crippen molar-refractivity contribution >= 4 is 17.5 Å². The summed E-state index contributed by atoms with van der Waals surface area (Å²) in [5.74, 6) is -9.12. The molecule has 0 bridgehead atoms. The van der Waals surface area contributed by atoms with E-state index in [9.17, 15) is 44.7 Å². The molecule has 2 saturated carbocycles. The molecule has 46 heavy (non-hydrogen) atoms. The number of alkyl halides is 8. The van der Waals surface area contributed by atoms with E-state index in [4.69, 9.17) is 0 Å². The first-order chi connectivity index (χ1) is 21.4. The van der Waals surface area contributed by atoms with Gasteiger partial charge in [0.15, 0.2) is 11.6 Å². The minimum absolute atomic E-state index is 0.112. The molecule has 2 aliphatic rings. The van der Waals surface area contributed by atoms with E-state index in [0.717, 1.165) is 0 Å². The zero-order valence-corrected chi connectivity index (χ0v) is 24.9. The highest BCUT2D eigenvalue weighted by Gasteiger charge is 2.57. The van der Waals surface area contributed by atoms with Crippen LogP contribution in [-0.2, 0) is 4.79 Å². The Balaban J connectivity index is 1.41. The van der Waals surface area contributed by atoms with Crippen LogP contribution in [0, 0.1) is 17.8 Å². The SMILES string of the molecule is CC(C)n1nccc1C(=O)N[C@H](c1cn2ncc(C(NC(=O)CC(C(F)(F)F)C(F)(F)F)C3CC3)cc2n1)C1CCC(F)(F)CC1. The number of rotatable bonds is 10. The lowest BCUT2D eigenvalue weighted by atomic mass is 9.81. The molecule has 5 rings (SSSR count). The normalized spacial score (nSPS) is 19.0. The number of carbonyl (C=O) groups excluding carboxylic acids is 2. The van der Waals surface area contributed by atoms with Crippen molar-refractivity contribution in [3.05, 3.63) is 47.7 Å². The summed E-state index contributed by atoms with van der Waals surface area (Å²) in [5.41, 5.74) is 1.15. The van der Waals surface area contributed by atoms with Crippen molar-refractivity contribution in [1.82, 2.24) is 35.0 Å². The summed E-state index contributed by atoms with van der Waals surface area (Å²) in [7, 11) is 0. The number of nitrogens with zero attached hydrogens (tertiary/aromatic N) is 5. The summed E-state index contributed by atoms with van der Waals surface area (Å²) in [5, 5.41) is 13.7. The standard InChI is InChI=1S/C29H33F8N7O2/c1-15(2)44-20(7-10-38-44)26(46)42-25(17-5-8-27(30,31)9-6-17)19-14-43-22(40-19)11-18(13-39-43)24(16-3-4-16)41-23(45)12-21(28(32,33)34)29(35,36)37/h7,10-11,13-17,21,24-25H,3-6,8-9,12H2,1-2H3,(H,41,45)(H,42,46)/t24?,25-/m0/s1. The van der Waals surface area contributed by atoms with Gasteiger partial charge in [0.1, 0.15) is 5.69 Å². The average molecular weight is 664 g/mol. The first-order valence-corrected chi connectivity index (χ1v) is 14.9. The number of amides is 2. The second-order valence-corrected chi connectivity index (χ2v) is 12.4. The van der Waals surface area contributed by atoms with E-state index in [-0.39, 0.29) is 49.0 Å². The van der Waals surface area contributed by atoms with E-state index in [0.29, 0.717) is 24.1 Å². The predicted octanol–water partition coefficient (Wildman–Crippen LogP) is 6.50. The molecule has 2 fully saturated rings. The topological polar surface area (TPSA) is 106 Å². The van der Waals surface area contributed by atoms with Crippen molar-refractivity contribution in [2.45, 2.75) is 95.2 Å². The van der Waals surface area contributed by atoms with Gasteiger partial charge in [-0.3, -0.25) is 14.3 Å². The number of hydrogen-bond donors (Lipinski definition) is 2.